The van der Waals surface area contributed by atoms with Crippen LogP contribution in [0.3, 0.4) is 0 Å². The Balaban J connectivity index is 2.26. The Hall–Kier alpha value is -2.60. The van der Waals surface area contributed by atoms with Crippen LogP contribution in [0.5, 0.6) is 0 Å². The highest BCUT2D eigenvalue weighted by Crippen LogP contribution is 2.22. The number of rotatable bonds is 6. The minimum Gasteiger partial charge on any atom is -0.459 e. The van der Waals surface area contributed by atoms with Gasteiger partial charge in [0.15, 0.2) is 5.76 Å². The number of likely N-dealkylation sites (N-methyl/N-ethyl adjacent to an activating group) is 2. The van der Waals surface area contributed by atoms with Crippen molar-refractivity contribution in [3.8, 4) is 0 Å². The number of amides is 2. The minimum atomic E-state index is -0.298. The van der Waals surface area contributed by atoms with Gasteiger partial charge >= 0.3 is 0 Å². The number of nitrogens with zero attached hydrogens (tertiary/aromatic N) is 2. The molecule has 0 aliphatic rings. The predicted molar refractivity (Wildman–Crippen MR) is 88.8 cm³/mol. The second-order valence-electron chi connectivity index (χ2n) is 5.19. The van der Waals surface area contributed by atoms with Crippen molar-refractivity contribution < 1.29 is 14.0 Å². The lowest BCUT2D eigenvalue weighted by molar-refractivity contribution is 0.0797. The fourth-order valence-corrected chi connectivity index (χ4v) is 2.21. The molecule has 1 aromatic carbocycles. The third kappa shape index (κ3) is 3.78. The molecule has 0 radical (unpaired) electrons. The Bertz CT molecular complexity index is 667. The van der Waals surface area contributed by atoms with Crippen LogP contribution >= 0.6 is 0 Å². The van der Waals surface area contributed by atoms with Crippen LogP contribution in [0.15, 0.2) is 47.1 Å². The highest BCUT2D eigenvalue weighted by atomic mass is 16.3. The first-order valence-electron chi connectivity index (χ1n) is 7.37. The van der Waals surface area contributed by atoms with Gasteiger partial charge in [0.2, 0.25) is 0 Å². The van der Waals surface area contributed by atoms with E-state index in [0.717, 1.165) is 0 Å². The average molecular weight is 315 g/mol. The van der Waals surface area contributed by atoms with Gasteiger partial charge in [-0.25, -0.2) is 0 Å². The Morgan fingerprint density at radius 3 is 2.48 bits per heavy atom. The second-order valence-corrected chi connectivity index (χ2v) is 5.19. The predicted octanol–water partition coefficient (Wildman–Crippen LogP) is 1.85. The summed E-state index contributed by atoms with van der Waals surface area (Å²) in [7, 11) is 5.21. The quantitative estimate of drug-likeness (QED) is 0.883. The summed E-state index contributed by atoms with van der Waals surface area (Å²) < 4.78 is 5.14. The number of para-hydroxylation sites is 1. The van der Waals surface area contributed by atoms with Crippen LogP contribution in [-0.2, 0) is 0 Å². The molecule has 6 heteroatoms. The maximum absolute atomic E-state index is 12.6. The molecule has 122 valence electrons. The summed E-state index contributed by atoms with van der Waals surface area (Å²) in [5, 5.41) is 3.01. The number of nitrogens with one attached hydrogen (secondary N) is 1. The van der Waals surface area contributed by atoms with Gasteiger partial charge in [0.1, 0.15) is 0 Å². The standard InChI is InChI=1S/C17H21N3O3/c1-18-10-11-19(2)16(21)13-7-4-5-8-14(13)20(3)17(22)15-9-6-12-23-15/h4-9,12,18H,10-11H2,1-3H3. The highest BCUT2D eigenvalue weighted by Gasteiger charge is 2.22. The van der Waals surface area contributed by atoms with Crippen molar-refractivity contribution in [3.63, 3.8) is 0 Å². The van der Waals surface area contributed by atoms with Crippen LogP contribution in [0, 0.1) is 0 Å². The highest BCUT2D eigenvalue weighted by molar-refractivity contribution is 6.08. The third-order valence-corrected chi connectivity index (χ3v) is 3.58. The van der Waals surface area contributed by atoms with Gasteiger partial charge < -0.3 is 19.5 Å². The van der Waals surface area contributed by atoms with Crippen LogP contribution in [0.1, 0.15) is 20.9 Å². The van der Waals surface area contributed by atoms with Gasteiger partial charge in [0.05, 0.1) is 17.5 Å². The van der Waals surface area contributed by atoms with E-state index in [1.807, 2.05) is 7.05 Å². The number of furan rings is 1. The van der Waals surface area contributed by atoms with Crippen molar-refractivity contribution in [3.05, 3.63) is 54.0 Å². The Labute approximate surface area is 135 Å². The number of hydrogen-bond acceptors (Lipinski definition) is 4. The summed E-state index contributed by atoms with van der Waals surface area (Å²) in [6.07, 6.45) is 1.45. The third-order valence-electron chi connectivity index (χ3n) is 3.58. The molecule has 0 spiro atoms. The summed E-state index contributed by atoms with van der Waals surface area (Å²) in [6.45, 7) is 1.28. The SMILES string of the molecule is CNCCN(C)C(=O)c1ccccc1N(C)C(=O)c1ccco1. The molecule has 0 aliphatic heterocycles. The maximum atomic E-state index is 12.6. The van der Waals surface area contributed by atoms with Crippen molar-refractivity contribution in [2.75, 3.05) is 39.1 Å². The Morgan fingerprint density at radius 2 is 1.83 bits per heavy atom. The van der Waals surface area contributed by atoms with Crippen molar-refractivity contribution in [2.24, 2.45) is 0 Å². The van der Waals surface area contributed by atoms with Gasteiger partial charge in [-0.05, 0) is 31.3 Å². The van der Waals surface area contributed by atoms with Gasteiger partial charge in [-0.3, -0.25) is 9.59 Å². The number of carbonyl (C=O) groups excluding carboxylic acids is 2. The van der Waals surface area contributed by atoms with E-state index in [0.29, 0.717) is 24.3 Å². The molecule has 23 heavy (non-hydrogen) atoms. The molecule has 0 saturated heterocycles. The van der Waals surface area contributed by atoms with Crippen molar-refractivity contribution >= 4 is 17.5 Å². The number of anilines is 1. The van der Waals surface area contributed by atoms with Crippen LogP contribution in [0.25, 0.3) is 0 Å². The van der Waals surface area contributed by atoms with Crippen molar-refractivity contribution in [1.82, 2.24) is 10.2 Å². The minimum absolute atomic E-state index is 0.130. The van der Waals surface area contributed by atoms with Crippen LogP contribution in [0.4, 0.5) is 5.69 Å². The molecule has 1 N–H and O–H groups in total. The van der Waals surface area contributed by atoms with Crippen LogP contribution in [0.2, 0.25) is 0 Å². The first kappa shape index (κ1) is 16.8. The molecule has 0 unspecified atom stereocenters. The fourth-order valence-electron chi connectivity index (χ4n) is 2.21. The van der Waals surface area contributed by atoms with E-state index in [-0.39, 0.29) is 17.6 Å². The normalized spacial score (nSPS) is 10.4. The molecule has 6 nitrogen and oxygen atoms in total. The van der Waals surface area contributed by atoms with Gasteiger partial charge in [-0.1, -0.05) is 12.1 Å². The van der Waals surface area contributed by atoms with E-state index in [4.69, 9.17) is 4.42 Å². The topological polar surface area (TPSA) is 65.8 Å². The van der Waals surface area contributed by atoms with E-state index < -0.39 is 0 Å². The van der Waals surface area contributed by atoms with Crippen molar-refractivity contribution in [1.29, 1.82) is 0 Å². The monoisotopic (exact) mass is 315 g/mol. The molecule has 0 saturated carbocycles. The van der Waals surface area contributed by atoms with Gasteiger partial charge in [-0.2, -0.15) is 0 Å². The molecule has 1 heterocycles. The van der Waals surface area contributed by atoms with Crippen LogP contribution < -0.4 is 10.2 Å². The summed E-state index contributed by atoms with van der Waals surface area (Å²) in [4.78, 5) is 28.1. The maximum Gasteiger partial charge on any atom is 0.293 e. The van der Waals surface area contributed by atoms with Gasteiger partial charge in [0, 0.05) is 27.2 Å². The van der Waals surface area contributed by atoms with E-state index in [2.05, 4.69) is 5.32 Å². The number of hydrogen-bond donors (Lipinski definition) is 1. The lowest BCUT2D eigenvalue weighted by Gasteiger charge is -2.23. The summed E-state index contributed by atoms with van der Waals surface area (Å²) >= 11 is 0. The molecular formula is C17H21N3O3. The van der Waals surface area contributed by atoms with E-state index in [9.17, 15) is 9.59 Å². The average Bonchev–Trinajstić information content (AvgIpc) is 3.12. The van der Waals surface area contributed by atoms with E-state index in [1.54, 1.807) is 55.4 Å². The first-order chi connectivity index (χ1) is 11.1. The molecule has 0 atom stereocenters. The lowest BCUT2D eigenvalue weighted by Crippen LogP contribution is -2.34. The number of carbonyl (C=O) groups is 2. The molecule has 2 amide bonds. The Morgan fingerprint density at radius 1 is 1.09 bits per heavy atom. The lowest BCUT2D eigenvalue weighted by atomic mass is 10.1. The molecule has 1 aromatic heterocycles. The smallest absolute Gasteiger partial charge is 0.293 e. The molecule has 2 aromatic rings. The summed E-state index contributed by atoms with van der Waals surface area (Å²) in [6, 6.07) is 10.3. The molecule has 0 fully saturated rings. The molecule has 0 aliphatic carbocycles. The van der Waals surface area contributed by atoms with Crippen molar-refractivity contribution in [2.45, 2.75) is 0 Å². The molecule has 2 rings (SSSR count). The van der Waals surface area contributed by atoms with E-state index >= 15 is 0 Å². The largest absolute Gasteiger partial charge is 0.459 e. The zero-order valence-electron chi connectivity index (χ0n) is 13.6. The van der Waals surface area contributed by atoms with Gasteiger partial charge in [-0.15, -0.1) is 0 Å². The Kier molecular flexibility index (Phi) is 5.54. The zero-order chi connectivity index (χ0) is 16.8. The van der Waals surface area contributed by atoms with Crippen LogP contribution in [-0.4, -0.2) is 50.9 Å². The second kappa shape index (κ2) is 7.60. The van der Waals surface area contributed by atoms with Gasteiger partial charge in [0.25, 0.3) is 11.8 Å². The summed E-state index contributed by atoms with van der Waals surface area (Å²) in [5.74, 6) is -0.193. The number of benzene rings is 1. The first-order valence-corrected chi connectivity index (χ1v) is 7.37. The summed E-state index contributed by atoms with van der Waals surface area (Å²) in [5.41, 5.74) is 1.03. The molecular weight excluding hydrogens is 294 g/mol. The fraction of sp³-hybridized carbons (Fsp3) is 0.294. The zero-order valence-corrected chi connectivity index (χ0v) is 13.6. The van der Waals surface area contributed by atoms with E-state index in [1.165, 1.54) is 11.2 Å². The molecule has 0 bridgehead atoms.